The Bertz CT molecular complexity index is 288. The van der Waals surface area contributed by atoms with E-state index in [2.05, 4.69) is 12.2 Å². The standard InChI is InChI=1S/C12H17NO/c1-9-6-11(7-9)13-8-10-2-4-12(14)5-3-10/h2-5,9,11,13-14H,6-8H2,1H3. The van der Waals surface area contributed by atoms with Crippen LogP contribution >= 0.6 is 0 Å². The van der Waals surface area contributed by atoms with Gasteiger partial charge in [-0.3, -0.25) is 0 Å². The highest BCUT2D eigenvalue weighted by molar-refractivity contribution is 5.25. The van der Waals surface area contributed by atoms with E-state index >= 15 is 0 Å². The van der Waals surface area contributed by atoms with Gasteiger partial charge in [0.2, 0.25) is 0 Å². The van der Waals surface area contributed by atoms with Crippen molar-refractivity contribution in [2.24, 2.45) is 5.92 Å². The zero-order chi connectivity index (χ0) is 9.97. The number of hydrogen-bond donors (Lipinski definition) is 2. The van der Waals surface area contributed by atoms with E-state index in [1.54, 1.807) is 12.1 Å². The van der Waals surface area contributed by atoms with Gasteiger partial charge >= 0.3 is 0 Å². The molecule has 1 saturated carbocycles. The van der Waals surface area contributed by atoms with Gasteiger partial charge < -0.3 is 10.4 Å². The SMILES string of the molecule is CC1CC(NCc2ccc(O)cc2)C1. The summed E-state index contributed by atoms with van der Waals surface area (Å²) in [5, 5.41) is 12.6. The molecule has 0 unspecified atom stereocenters. The van der Waals surface area contributed by atoms with Crippen molar-refractivity contribution in [3.8, 4) is 5.75 Å². The molecule has 1 aliphatic rings. The predicted octanol–water partition coefficient (Wildman–Crippen LogP) is 2.28. The lowest BCUT2D eigenvalue weighted by Gasteiger charge is -2.33. The zero-order valence-electron chi connectivity index (χ0n) is 8.53. The summed E-state index contributed by atoms with van der Waals surface area (Å²) in [6.07, 6.45) is 2.61. The van der Waals surface area contributed by atoms with Gasteiger partial charge in [0.25, 0.3) is 0 Å². The van der Waals surface area contributed by atoms with Crippen LogP contribution in [-0.2, 0) is 6.54 Å². The number of rotatable bonds is 3. The third-order valence-corrected chi connectivity index (χ3v) is 2.90. The Morgan fingerprint density at radius 2 is 1.93 bits per heavy atom. The Morgan fingerprint density at radius 3 is 2.50 bits per heavy atom. The number of aromatic hydroxyl groups is 1. The van der Waals surface area contributed by atoms with Crippen LogP contribution in [0.3, 0.4) is 0 Å². The second-order valence-corrected chi connectivity index (χ2v) is 4.32. The summed E-state index contributed by atoms with van der Waals surface area (Å²) in [5.74, 6) is 1.23. The van der Waals surface area contributed by atoms with Crippen molar-refractivity contribution in [2.45, 2.75) is 32.4 Å². The number of nitrogens with one attached hydrogen (secondary N) is 1. The molecule has 2 N–H and O–H groups in total. The third kappa shape index (κ3) is 2.26. The van der Waals surface area contributed by atoms with E-state index < -0.39 is 0 Å². The molecule has 1 fully saturated rings. The first kappa shape index (κ1) is 9.53. The third-order valence-electron chi connectivity index (χ3n) is 2.90. The number of phenols is 1. The number of benzene rings is 1. The van der Waals surface area contributed by atoms with Crippen LogP contribution in [0, 0.1) is 5.92 Å². The van der Waals surface area contributed by atoms with Crippen molar-refractivity contribution < 1.29 is 5.11 Å². The topological polar surface area (TPSA) is 32.3 Å². The predicted molar refractivity (Wildman–Crippen MR) is 57.1 cm³/mol. The molecular formula is C12H17NO. The number of phenolic OH excluding ortho intramolecular Hbond substituents is 1. The van der Waals surface area contributed by atoms with E-state index in [1.807, 2.05) is 12.1 Å². The molecule has 0 bridgehead atoms. The summed E-state index contributed by atoms with van der Waals surface area (Å²) in [5.41, 5.74) is 1.24. The molecule has 2 heteroatoms. The van der Waals surface area contributed by atoms with E-state index in [4.69, 9.17) is 5.11 Å². The molecule has 2 nitrogen and oxygen atoms in total. The zero-order valence-corrected chi connectivity index (χ0v) is 8.53. The summed E-state index contributed by atoms with van der Waals surface area (Å²) in [4.78, 5) is 0. The van der Waals surface area contributed by atoms with Gasteiger partial charge in [0.1, 0.15) is 5.75 Å². The van der Waals surface area contributed by atoms with Crippen molar-refractivity contribution in [3.05, 3.63) is 29.8 Å². The molecule has 0 aromatic heterocycles. The maximum Gasteiger partial charge on any atom is 0.115 e. The molecule has 14 heavy (non-hydrogen) atoms. The van der Waals surface area contributed by atoms with Crippen molar-refractivity contribution in [3.63, 3.8) is 0 Å². The molecule has 0 aliphatic heterocycles. The molecular weight excluding hydrogens is 174 g/mol. The van der Waals surface area contributed by atoms with Gasteiger partial charge in [-0.1, -0.05) is 19.1 Å². The molecule has 1 aromatic carbocycles. The van der Waals surface area contributed by atoms with E-state index in [9.17, 15) is 0 Å². The van der Waals surface area contributed by atoms with E-state index in [0.29, 0.717) is 11.8 Å². The maximum absolute atomic E-state index is 9.11. The highest BCUT2D eigenvalue weighted by Gasteiger charge is 2.24. The Balaban J connectivity index is 1.78. The average molecular weight is 191 g/mol. The molecule has 0 amide bonds. The maximum atomic E-state index is 9.11. The molecule has 0 saturated heterocycles. The first-order chi connectivity index (χ1) is 6.74. The molecule has 0 heterocycles. The molecule has 76 valence electrons. The normalized spacial score (nSPS) is 25.8. The lowest BCUT2D eigenvalue weighted by Crippen LogP contribution is -2.39. The lowest BCUT2D eigenvalue weighted by molar-refractivity contribution is 0.240. The summed E-state index contributed by atoms with van der Waals surface area (Å²) in [7, 11) is 0. The molecule has 0 atom stereocenters. The Hall–Kier alpha value is -1.02. The fourth-order valence-corrected chi connectivity index (χ4v) is 1.95. The van der Waals surface area contributed by atoms with Gasteiger partial charge in [-0.15, -0.1) is 0 Å². The van der Waals surface area contributed by atoms with Gasteiger partial charge in [-0.05, 0) is 36.5 Å². The largest absolute Gasteiger partial charge is 0.508 e. The molecule has 2 rings (SSSR count). The van der Waals surface area contributed by atoms with E-state index in [0.717, 1.165) is 12.5 Å². The molecule has 1 aliphatic carbocycles. The van der Waals surface area contributed by atoms with Crippen LogP contribution in [-0.4, -0.2) is 11.1 Å². The Morgan fingerprint density at radius 1 is 1.29 bits per heavy atom. The summed E-state index contributed by atoms with van der Waals surface area (Å²) >= 11 is 0. The van der Waals surface area contributed by atoms with Crippen LogP contribution in [0.15, 0.2) is 24.3 Å². The fraction of sp³-hybridized carbons (Fsp3) is 0.500. The lowest BCUT2D eigenvalue weighted by atomic mass is 9.82. The second kappa shape index (κ2) is 4.01. The van der Waals surface area contributed by atoms with E-state index in [1.165, 1.54) is 18.4 Å². The van der Waals surface area contributed by atoms with Crippen LogP contribution in [0.2, 0.25) is 0 Å². The monoisotopic (exact) mass is 191 g/mol. The highest BCUT2D eigenvalue weighted by atomic mass is 16.3. The Labute approximate surface area is 85.0 Å². The molecule has 1 aromatic rings. The van der Waals surface area contributed by atoms with Crippen molar-refractivity contribution in [2.75, 3.05) is 0 Å². The molecule has 0 spiro atoms. The van der Waals surface area contributed by atoms with Gasteiger partial charge in [-0.2, -0.15) is 0 Å². The second-order valence-electron chi connectivity index (χ2n) is 4.32. The van der Waals surface area contributed by atoms with Gasteiger partial charge in [0, 0.05) is 12.6 Å². The van der Waals surface area contributed by atoms with Crippen LogP contribution in [0.4, 0.5) is 0 Å². The van der Waals surface area contributed by atoms with Crippen LogP contribution < -0.4 is 5.32 Å². The van der Waals surface area contributed by atoms with Crippen molar-refractivity contribution >= 4 is 0 Å². The first-order valence-electron chi connectivity index (χ1n) is 5.25. The van der Waals surface area contributed by atoms with Crippen molar-refractivity contribution in [1.82, 2.24) is 5.32 Å². The van der Waals surface area contributed by atoms with Crippen molar-refractivity contribution in [1.29, 1.82) is 0 Å². The van der Waals surface area contributed by atoms with Crippen LogP contribution in [0.5, 0.6) is 5.75 Å². The minimum Gasteiger partial charge on any atom is -0.508 e. The minimum atomic E-state index is 0.339. The van der Waals surface area contributed by atoms with Crippen LogP contribution in [0.25, 0.3) is 0 Å². The summed E-state index contributed by atoms with van der Waals surface area (Å²) < 4.78 is 0. The van der Waals surface area contributed by atoms with E-state index in [-0.39, 0.29) is 0 Å². The van der Waals surface area contributed by atoms with Gasteiger partial charge in [0.05, 0.1) is 0 Å². The summed E-state index contributed by atoms with van der Waals surface area (Å²) in [6.45, 7) is 3.20. The number of hydrogen-bond acceptors (Lipinski definition) is 2. The smallest absolute Gasteiger partial charge is 0.115 e. The highest BCUT2D eigenvalue weighted by Crippen LogP contribution is 2.26. The molecule has 0 radical (unpaired) electrons. The van der Waals surface area contributed by atoms with Gasteiger partial charge in [-0.25, -0.2) is 0 Å². The first-order valence-corrected chi connectivity index (χ1v) is 5.25. The average Bonchev–Trinajstić information content (AvgIpc) is 2.13. The van der Waals surface area contributed by atoms with Crippen LogP contribution in [0.1, 0.15) is 25.3 Å². The fourth-order valence-electron chi connectivity index (χ4n) is 1.95. The summed E-state index contributed by atoms with van der Waals surface area (Å²) in [6, 6.07) is 8.11. The quantitative estimate of drug-likeness (QED) is 0.768. The van der Waals surface area contributed by atoms with Gasteiger partial charge in [0.15, 0.2) is 0 Å². The minimum absolute atomic E-state index is 0.339. The Kier molecular flexibility index (Phi) is 2.73.